The lowest BCUT2D eigenvalue weighted by Gasteiger charge is -2.05. The van der Waals surface area contributed by atoms with Crippen LogP contribution in [-0.4, -0.2) is 0 Å². The Labute approximate surface area is 116 Å². The SMILES string of the molecule is Ic1ccc(Oc2ccc(I)cc2)cc1. The van der Waals surface area contributed by atoms with Gasteiger partial charge in [-0.3, -0.25) is 0 Å². The molecule has 0 aliphatic rings. The van der Waals surface area contributed by atoms with Crippen molar-refractivity contribution in [2.75, 3.05) is 0 Å². The highest BCUT2D eigenvalue weighted by atomic mass is 127. The van der Waals surface area contributed by atoms with Gasteiger partial charge in [-0.25, -0.2) is 0 Å². The van der Waals surface area contributed by atoms with Crippen LogP contribution in [0.15, 0.2) is 48.5 Å². The first-order chi connectivity index (χ1) is 7.24. The van der Waals surface area contributed by atoms with Gasteiger partial charge in [-0.1, -0.05) is 0 Å². The highest BCUT2D eigenvalue weighted by Gasteiger charge is 1.96. The van der Waals surface area contributed by atoms with Gasteiger partial charge in [0.05, 0.1) is 0 Å². The summed E-state index contributed by atoms with van der Waals surface area (Å²) in [5.41, 5.74) is 0. The Kier molecular flexibility index (Phi) is 3.85. The van der Waals surface area contributed by atoms with Gasteiger partial charge in [0.15, 0.2) is 0 Å². The topological polar surface area (TPSA) is 9.23 Å². The normalized spacial score (nSPS) is 10.0. The van der Waals surface area contributed by atoms with E-state index >= 15 is 0 Å². The Morgan fingerprint density at radius 3 is 1.27 bits per heavy atom. The van der Waals surface area contributed by atoms with E-state index in [1.165, 1.54) is 7.14 Å². The monoisotopic (exact) mass is 422 g/mol. The first-order valence-electron chi connectivity index (χ1n) is 4.43. The van der Waals surface area contributed by atoms with Crippen molar-refractivity contribution in [1.82, 2.24) is 0 Å². The molecule has 0 saturated heterocycles. The van der Waals surface area contributed by atoms with Crippen molar-refractivity contribution in [2.24, 2.45) is 0 Å². The fraction of sp³-hybridized carbons (Fsp3) is 0. The second kappa shape index (κ2) is 5.16. The smallest absolute Gasteiger partial charge is 0.127 e. The second-order valence-corrected chi connectivity index (χ2v) is 5.50. The lowest BCUT2D eigenvalue weighted by molar-refractivity contribution is 0.482. The Balaban J connectivity index is 2.15. The third kappa shape index (κ3) is 3.34. The maximum Gasteiger partial charge on any atom is 0.127 e. The lowest BCUT2D eigenvalue weighted by Crippen LogP contribution is -1.83. The van der Waals surface area contributed by atoms with Crippen LogP contribution >= 0.6 is 45.2 Å². The molecule has 0 spiro atoms. The summed E-state index contributed by atoms with van der Waals surface area (Å²) in [6.07, 6.45) is 0. The van der Waals surface area contributed by atoms with Gasteiger partial charge in [-0.05, 0) is 93.7 Å². The third-order valence-electron chi connectivity index (χ3n) is 1.86. The molecule has 2 rings (SSSR count). The molecule has 3 heteroatoms. The van der Waals surface area contributed by atoms with Crippen molar-refractivity contribution in [3.05, 3.63) is 55.7 Å². The molecule has 0 heterocycles. The summed E-state index contributed by atoms with van der Waals surface area (Å²) < 4.78 is 8.10. The molecule has 0 aromatic heterocycles. The van der Waals surface area contributed by atoms with Crippen LogP contribution in [-0.2, 0) is 0 Å². The summed E-state index contributed by atoms with van der Waals surface area (Å²) >= 11 is 4.55. The summed E-state index contributed by atoms with van der Waals surface area (Å²) in [4.78, 5) is 0. The number of benzene rings is 2. The van der Waals surface area contributed by atoms with E-state index in [9.17, 15) is 0 Å². The Morgan fingerprint density at radius 1 is 0.600 bits per heavy atom. The summed E-state index contributed by atoms with van der Waals surface area (Å²) in [5.74, 6) is 1.74. The fourth-order valence-electron chi connectivity index (χ4n) is 1.14. The van der Waals surface area contributed by atoms with Crippen LogP contribution in [0.1, 0.15) is 0 Å². The molecule has 0 saturated carbocycles. The van der Waals surface area contributed by atoms with Crippen LogP contribution in [0.25, 0.3) is 0 Å². The summed E-state index contributed by atoms with van der Waals surface area (Å²) in [6.45, 7) is 0. The molecule has 0 aliphatic heterocycles. The van der Waals surface area contributed by atoms with E-state index < -0.39 is 0 Å². The fourth-order valence-corrected chi connectivity index (χ4v) is 1.86. The Bertz CT molecular complexity index is 391. The quantitative estimate of drug-likeness (QED) is 0.639. The largest absolute Gasteiger partial charge is 0.457 e. The minimum atomic E-state index is 0.872. The first-order valence-corrected chi connectivity index (χ1v) is 6.59. The third-order valence-corrected chi connectivity index (χ3v) is 3.30. The van der Waals surface area contributed by atoms with Crippen LogP contribution in [0.4, 0.5) is 0 Å². The first kappa shape index (κ1) is 11.2. The van der Waals surface area contributed by atoms with E-state index in [1.54, 1.807) is 0 Å². The van der Waals surface area contributed by atoms with Gasteiger partial charge < -0.3 is 4.74 Å². The van der Waals surface area contributed by atoms with Gasteiger partial charge in [-0.15, -0.1) is 0 Å². The van der Waals surface area contributed by atoms with E-state index in [4.69, 9.17) is 4.74 Å². The average Bonchev–Trinajstić information content (AvgIpc) is 2.25. The second-order valence-electron chi connectivity index (χ2n) is 3.01. The van der Waals surface area contributed by atoms with Crippen molar-refractivity contribution in [2.45, 2.75) is 0 Å². The van der Waals surface area contributed by atoms with Crippen LogP contribution < -0.4 is 4.74 Å². The van der Waals surface area contributed by atoms with E-state index in [-0.39, 0.29) is 0 Å². The van der Waals surface area contributed by atoms with Crippen LogP contribution in [0.5, 0.6) is 11.5 Å². The van der Waals surface area contributed by atoms with Crippen molar-refractivity contribution in [3.63, 3.8) is 0 Å². The molecule has 76 valence electrons. The molecule has 0 amide bonds. The molecule has 0 aliphatic carbocycles. The van der Waals surface area contributed by atoms with Crippen molar-refractivity contribution in [1.29, 1.82) is 0 Å². The lowest BCUT2D eigenvalue weighted by atomic mass is 10.3. The summed E-state index contributed by atoms with van der Waals surface area (Å²) in [6, 6.07) is 16.0. The standard InChI is InChI=1S/C12H8I2O/c13-9-1-5-11(6-2-9)15-12-7-3-10(14)4-8-12/h1-8H. The van der Waals surface area contributed by atoms with E-state index in [1.807, 2.05) is 48.5 Å². The van der Waals surface area contributed by atoms with Gasteiger partial charge in [0.2, 0.25) is 0 Å². The maximum atomic E-state index is 5.68. The molecule has 15 heavy (non-hydrogen) atoms. The van der Waals surface area contributed by atoms with Crippen molar-refractivity contribution in [3.8, 4) is 11.5 Å². The van der Waals surface area contributed by atoms with Crippen LogP contribution in [0.2, 0.25) is 0 Å². The van der Waals surface area contributed by atoms with Gasteiger partial charge in [0.25, 0.3) is 0 Å². The van der Waals surface area contributed by atoms with Crippen molar-refractivity contribution < 1.29 is 4.74 Å². The van der Waals surface area contributed by atoms with Gasteiger partial charge in [0, 0.05) is 7.14 Å². The van der Waals surface area contributed by atoms with Gasteiger partial charge >= 0.3 is 0 Å². The van der Waals surface area contributed by atoms with Crippen molar-refractivity contribution >= 4 is 45.2 Å². The maximum absolute atomic E-state index is 5.68. The zero-order valence-electron chi connectivity index (χ0n) is 7.78. The molecule has 2 aromatic carbocycles. The number of hydrogen-bond donors (Lipinski definition) is 0. The van der Waals surface area contributed by atoms with Crippen LogP contribution in [0, 0.1) is 7.14 Å². The zero-order valence-corrected chi connectivity index (χ0v) is 12.1. The molecular formula is C12H8I2O. The Hall–Kier alpha value is -0.300. The van der Waals surface area contributed by atoms with Crippen LogP contribution in [0.3, 0.4) is 0 Å². The van der Waals surface area contributed by atoms with Gasteiger partial charge in [-0.2, -0.15) is 0 Å². The van der Waals surface area contributed by atoms with E-state index in [2.05, 4.69) is 45.2 Å². The molecule has 1 nitrogen and oxygen atoms in total. The molecule has 0 fully saturated rings. The predicted molar refractivity (Wildman–Crippen MR) is 78.4 cm³/mol. The number of ether oxygens (including phenoxy) is 1. The molecular weight excluding hydrogens is 414 g/mol. The van der Waals surface area contributed by atoms with E-state index in [0.717, 1.165) is 11.5 Å². The molecule has 0 radical (unpaired) electrons. The molecule has 2 aromatic rings. The van der Waals surface area contributed by atoms with E-state index in [0.29, 0.717) is 0 Å². The zero-order chi connectivity index (χ0) is 10.7. The molecule has 0 N–H and O–H groups in total. The number of hydrogen-bond acceptors (Lipinski definition) is 1. The highest BCUT2D eigenvalue weighted by Crippen LogP contribution is 2.22. The predicted octanol–water partition coefficient (Wildman–Crippen LogP) is 4.69. The number of rotatable bonds is 2. The average molecular weight is 422 g/mol. The Morgan fingerprint density at radius 2 is 0.933 bits per heavy atom. The number of halogens is 2. The minimum Gasteiger partial charge on any atom is -0.457 e. The van der Waals surface area contributed by atoms with Gasteiger partial charge in [0.1, 0.15) is 11.5 Å². The summed E-state index contributed by atoms with van der Waals surface area (Å²) in [7, 11) is 0. The summed E-state index contributed by atoms with van der Waals surface area (Å²) in [5, 5.41) is 0. The molecule has 0 unspecified atom stereocenters. The molecule has 0 atom stereocenters. The molecule has 0 bridgehead atoms. The highest BCUT2D eigenvalue weighted by molar-refractivity contribution is 14.1. The minimum absolute atomic E-state index is 0.872.